The van der Waals surface area contributed by atoms with Gasteiger partial charge in [-0.2, -0.15) is 0 Å². The zero-order valence-corrected chi connectivity index (χ0v) is 18.7. The zero-order valence-electron chi connectivity index (χ0n) is 18.7. The number of carbonyl (C=O) groups excluding carboxylic acids is 1. The van der Waals surface area contributed by atoms with E-state index in [9.17, 15) is 4.79 Å². The quantitative estimate of drug-likeness (QED) is 0.454. The van der Waals surface area contributed by atoms with E-state index in [-0.39, 0.29) is 5.91 Å². The topological polar surface area (TPSA) is 92.4 Å². The zero-order chi connectivity index (χ0) is 21.9. The van der Waals surface area contributed by atoms with E-state index in [1.165, 1.54) is 0 Å². The van der Waals surface area contributed by atoms with Gasteiger partial charge in [0.2, 0.25) is 5.91 Å². The molecule has 0 aromatic heterocycles. The Hall–Kier alpha value is -2.32. The van der Waals surface area contributed by atoms with E-state index in [0.717, 1.165) is 82.6 Å². The van der Waals surface area contributed by atoms with Crippen LogP contribution in [0.2, 0.25) is 0 Å². The highest BCUT2D eigenvalue weighted by Gasteiger charge is 2.23. The van der Waals surface area contributed by atoms with Gasteiger partial charge in [-0.1, -0.05) is 18.2 Å². The van der Waals surface area contributed by atoms with Gasteiger partial charge >= 0.3 is 0 Å². The van der Waals surface area contributed by atoms with E-state index in [0.29, 0.717) is 25.5 Å². The largest absolute Gasteiger partial charge is 0.492 e. The minimum atomic E-state index is -0.225. The van der Waals surface area contributed by atoms with E-state index in [1.54, 1.807) is 0 Å². The summed E-state index contributed by atoms with van der Waals surface area (Å²) in [4.78, 5) is 20.8. The molecule has 8 nitrogen and oxygen atoms in total. The Labute approximate surface area is 185 Å². The molecule has 2 heterocycles. The Morgan fingerprint density at radius 1 is 1.29 bits per heavy atom. The SMILES string of the molecule is CCNC(=NCc1ccccc1OCCN1CCOCC1)N1CCCC(CC(N)=O)C1. The van der Waals surface area contributed by atoms with Crippen LogP contribution in [0.25, 0.3) is 0 Å². The van der Waals surface area contributed by atoms with Crippen molar-refractivity contribution in [1.82, 2.24) is 15.1 Å². The molecule has 31 heavy (non-hydrogen) atoms. The van der Waals surface area contributed by atoms with Gasteiger partial charge in [-0.05, 0) is 31.7 Å². The number of nitrogens with one attached hydrogen (secondary N) is 1. The van der Waals surface area contributed by atoms with Gasteiger partial charge < -0.3 is 25.4 Å². The van der Waals surface area contributed by atoms with Crippen LogP contribution < -0.4 is 15.8 Å². The molecule has 2 aliphatic rings. The van der Waals surface area contributed by atoms with Gasteiger partial charge in [0.15, 0.2) is 5.96 Å². The molecular weight excluding hydrogens is 394 g/mol. The van der Waals surface area contributed by atoms with Gasteiger partial charge in [0.1, 0.15) is 12.4 Å². The summed E-state index contributed by atoms with van der Waals surface area (Å²) in [6.07, 6.45) is 2.53. The average molecular weight is 432 g/mol. The van der Waals surface area contributed by atoms with Crippen LogP contribution in [-0.2, 0) is 16.1 Å². The molecule has 8 heteroatoms. The number of nitrogens with zero attached hydrogens (tertiary/aromatic N) is 3. The summed E-state index contributed by atoms with van der Waals surface area (Å²) in [5.41, 5.74) is 6.49. The third-order valence-electron chi connectivity index (χ3n) is 5.78. The van der Waals surface area contributed by atoms with Gasteiger partial charge in [-0.25, -0.2) is 4.99 Å². The van der Waals surface area contributed by atoms with Crippen LogP contribution >= 0.6 is 0 Å². The van der Waals surface area contributed by atoms with Crippen molar-refractivity contribution in [2.24, 2.45) is 16.6 Å². The lowest BCUT2D eigenvalue weighted by Gasteiger charge is -2.34. The standard InChI is InChI=1S/C23H37N5O3/c1-2-25-23(28-9-5-6-19(18-28)16-22(24)29)26-17-20-7-3-4-8-21(20)31-15-12-27-10-13-30-14-11-27/h3-4,7-8,19H,2,5-6,9-18H2,1H3,(H2,24,29)(H,25,26). The molecule has 3 N–H and O–H groups in total. The molecule has 1 unspecified atom stereocenters. The van der Waals surface area contributed by atoms with Crippen molar-refractivity contribution < 1.29 is 14.3 Å². The number of rotatable bonds is 9. The van der Waals surface area contributed by atoms with Gasteiger partial charge in [-0.15, -0.1) is 0 Å². The first kappa shape index (κ1) is 23.3. The summed E-state index contributed by atoms with van der Waals surface area (Å²) in [6, 6.07) is 8.11. The summed E-state index contributed by atoms with van der Waals surface area (Å²) in [5.74, 6) is 1.85. The van der Waals surface area contributed by atoms with Crippen molar-refractivity contribution in [2.75, 3.05) is 59.1 Å². The van der Waals surface area contributed by atoms with Crippen LogP contribution in [0.15, 0.2) is 29.3 Å². The van der Waals surface area contributed by atoms with Gasteiger partial charge in [0, 0.05) is 51.3 Å². The second-order valence-corrected chi connectivity index (χ2v) is 8.21. The van der Waals surface area contributed by atoms with Crippen LogP contribution in [-0.4, -0.2) is 80.8 Å². The molecule has 2 aliphatic heterocycles. The number of ether oxygens (including phenoxy) is 2. The van der Waals surface area contributed by atoms with E-state index in [1.807, 2.05) is 18.2 Å². The number of benzene rings is 1. The molecule has 0 bridgehead atoms. The van der Waals surface area contributed by atoms with Crippen LogP contribution in [0, 0.1) is 5.92 Å². The highest BCUT2D eigenvalue weighted by atomic mass is 16.5. The first-order chi connectivity index (χ1) is 15.2. The van der Waals surface area contributed by atoms with Crippen LogP contribution in [0.5, 0.6) is 5.75 Å². The Bertz CT molecular complexity index is 721. The number of likely N-dealkylation sites (tertiary alicyclic amines) is 1. The molecule has 1 amide bonds. The van der Waals surface area contributed by atoms with Crippen LogP contribution in [0.3, 0.4) is 0 Å². The van der Waals surface area contributed by atoms with E-state index in [4.69, 9.17) is 20.2 Å². The third-order valence-corrected chi connectivity index (χ3v) is 5.78. The highest BCUT2D eigenvalue weighted by molar-refractivity contribution is 5.80. The fraction of sp³-hybridized carbons (Fsp3) is 0.652. The van der Waals surface area contributed by atoms with Crippen molar-refractivity contribution in [2.45, 2.75) is 32.7 Å². The van der Waals surface area contributed by atoms with Gasteiger partial charge in [-0.3, -0.25) is 9.69 Å². The van der Waals surface area contributed by atoms with E-state index >= 15 is 0 Å². The highest BCUT2D eigenvalue weighted by Crippen LogP contribution is 2.21. The Morgan fingerprint density at radius 3 is 2.87 bits per heavy atom. The average Bonchev–Trinajstić information content (AvgIpc) is 2.78. The summed E-state index contributed by atoms with van der Waals surface area (Å²) >= 11 is 0. The van der Waals surface area contributed by atoms with Gasteiger partial charge in [0.25, 0.3) is 0 Å². The fourth-order valence-corrected chi connectivity index (χ4v) is 4.18. The van der Waals surface area contributed by atoms with Crippen molar-refractivity contribution in [3.05, 3.63) is 29.8 Å². The number of carbonyl (C=O) groups is 1. The number of nitrogens with two attached hydrogens (primary N) is 1. The third kappa shape index (κ3) is 7.70. The number of piperidine rings is 1. The predicted octanol–water partition coefficient (Wildman–Crippen LogP) is 1.45. The molecule has 3 rings (SSSR count). The minimum absolute atomic E-state index is 0.225. The Balaban J connectivity index is 1.59. The maximum absolute atomic E-state index is 11.3. The van der Waals surface area contributed by atoms with Gasteiger partial charge in [0.05, 0.1) is 19.8 Å². The molecule has 0 aliphatic carbocycles. The smallest absolute Gasteiger partial charge is 0.217 e. The van der Waals surface area contributed by atoms with E-state index < -0.39 is 0 Å². The molecule has 0 spiro atoms. The maximum Gasteiger partial charge on any atom is 0.217 e. The number of primary amides is 1. The summed E-state index contributed by atoms with van der Waals surface area (Å²) in [5, 5.41) is 3.40. The number of hydrogen-bond donors (Lipinski definition) is 2. The number of amides is 1. The molecule has 0 saturated carbocycles. The minimum Gasteiger partial charge on any atom is -0.492 e. The summed E-state index contributed by atoms with van der Waals surface area (Å²) < 4.78 is 11.5. The second-order valence-electron chi connectivity index (χ2n) is 8.21. The van der Waals surface area contributed by atoms with Crippen molar-refractivity contribution >= 4 is 11.9 Å². The first-order valence-corrected chi connectivity index (χ1v) is 11.5. The predicted molar refractivity (Wildman–Crippen MR) is 122 cm³/mol. The second kappa shape index (κ2) is 12.5. The molecule has 1 aromatic carbocycles. The molecule has 1 atom stereocenters. The summed E-state index contributed by atoms with van der Waals surface area (Å²) in [7, 11) is 0. The number of para-hydroxylation sites is 1. The van der Waals surface area contributed by atoms with Crippen molar-refractivity contribution in [3.63, 3.8) is 0 Å². The van der Waals surface area contributed by atoms with Crippen molar-refractivity contribution in [3.8, 4) is 5.75 Å². The lowest BCUT2D eigenvalue weighted by molar-refractivity contribution is -0.119. The maximum atomic E-state index is 11.3. The van der Waals surface area contributed by atoms with E-state index in [2.05, 4.69) is 28.1 Å². The number of aliphatic imine (C=N–C) groups is 1. The lowest BCUT2D eigenvalue weighted by atomic mass is 9.95. The summed E-state index contributed by atoms with van der Waals surface area (Å²) in [6.45, 7) is 10.3. The normalized spacial score (nSPS) is 20.5. The molecule has 1 aromatic rings. The Kier molecular flexibility index (Phi) is 9.42. The molecule has 0 radical (unpaired) electrons. The van der Waals surface area contributed by atoms with Crippen LogP contribution in [0.1, 0.15) is 31.7 Å². The molecule has 2 fully saturated rings. The molecule has 172 valence electrons. The molecular formula is C23H37N5O3. The molecule has 2 saturated heterocycles. The number of morpholine rings is 1. The monoisotopic (exact) mass is 431 g/mol. The first-order valence-electron chi connectivity index (χ1n) is 11.5. The van der Waals surface area contributed by atoms with Crippen molar-refractivity contribution in [1.29, 1.82) is 0 Å². The Morgan fingerprint density at radius 2 is 2.10 bits per heavy atom. The lowest BCUT2D eigenvalue weighted by Crippen LogP contribution is -2.47. The number of hydrogen-bond acceptors (Lipinski definition) is 5. The fourth-order valence-electron chi connectivity index (χ4n) is 4.18. The number of guanidine groups is 1. The van der Waals surface area contributed by atoms with Crippen LogP contribution in [0.4, 0.5) is 0 Å².